The molecule has 0 aliphatic heterocycles. The van der Waals surface area contributed by atoms with E-state index in [1.807, 2.05) is 0 Å². The predicted molar refractivity (Wildman–Crippen MR) is 79.2 cm³/mol. The minimum absolute atomic E-state index is 0.0453. The van der Waals surface area contributed by atoms with Gasteiger partial charge in [-0.15, -0.1) is 0 Å². The first-order valence-corrected chi connectivity index (χ1v) is 6.92. The Kier molecular flexibility index (Phi) is 5.59. The van der Waals surface area contributed by atoms with Crippen molar-refractivity contribution >= 4 is 5.91 Å². The van der Waals surface area contributed by atoms with Crippen molar-refractivity contribution in [3.8, 4) is 5.75 Å². The number of rotatable bonds is 6. The molecule has 2 aromatic rings. The zero-order valence-electron chi connectivity index (χ0n) is 12.4. The van der Waals surface area contributed by atoms with E-state index in [1.165, 1.54) is 12.3 Å². The monoisotopic (exact) mass is 322 g/mol. The zero-order valence-corrected chi connectivity index (χ0v) is 12.4. The average Bonchev–Trinajstić information content (AvgIpc) is 2.54. The molecule has 5 nitrogen and oxygen atoms in total. The van der Waals surface area contributed by atoms with Gasteiger partial charge in [-0.1, -0.05) is 0 Å². The van der Waals surface area contributed by atoms with Crippen LogP contribution in [0, 0.1) is 18.6 Å². The number of hydrogen-bond acceptors (Lipinski definition) is 4. The molecule has 0 saturated carbocycles. The number of nitrogens with zero attached hydrogens (tertiary/aromatic N) is 1. The van der Waals surface area contributed by atoms with Gasteiger partial charge in [-0.2, -0.15) is 0 Å². The molecule has 2 rings (SSSR count). The third kappa shape index (κ3) is 5.00. The van der Waals surface area contributed by atoms with E-state index in [0.29, 0.717) is 5.56 Å². The van der Waals surface area contributed by atoms with Crippen LogP contribution in [0.5, 0.6) is 5.75 Å². The fourth-order valence-electron chi connectivity index (χ4n) is 1.73. The number of nitrogens with one attached hydrogen (secondary N) is 1. The number of aromatic nitrogens is 1. The fraction of sp³-hybridized carbons (Fsp3) is 0.250. The maximum absolute atomic E-state index is 13.0. The van der Waals surface area contributed by atoms with Crippen molar-refractivity contribution in [3.63, 3.8) is 0 Å². The van der Waals surface area contributed by atoms with Crippen LogP contribution >= 0.6 is 0 Å². The van der Waals surface area contributed by atoms with Crippen LogP contribution in [0.25, 0.3) is 0 Å². The Morgan fingerprint density at radius 2 is 2.09 bits per heavy atom. The molecule has 0 aliphatic rings. The molecular weight excluding hydrogens is 306 g/mol. The molecule has 1 aromatic heterocycles. The summed E-state index contributed by atoms with van der Waals surface area (Å²) < 4.78 is 30.9. The molecule has 1 atom stereocenters. The van der Waals surface area contributed by atoms with E-state index in [9.17, 15) is 18.7 Å². The molecule has 0 aliphatic carbocycles. The molecule has 2 N–H and O–H groups in total. The highest BCUT2D eigenvalue weighted by Crippen LogP contribution is 2.15. The number of amides is 1. The number of benzene rings is 1. The Balaban J connectivity index is 1.78. The van der Waals surface area contributed by atoms with Crippen LogP contribution in [-0.4, -0.2) is 35.3 Å². The van der Waals surface area contributed by atoms with E-state index in [1.54, 1.807) is 19.1 Å². The number of aryl methyl sites for hydroxylation is 1. The van der Waals surface area contributed by atoms with Crippen LogP contribution in [0.15, 0.2) is 36.5 Å². The number of pyridine rings is 1. The third-order valence-electron chi connectivity index (χ3n) is 3.01. The van der Waals surface area contributed by atoms with Gasteiger partial charge in [-0.05, 0) is 31.2 Å². The molecule has 1 amide bonds. The minimum atomic E-state index is -1.03. The second-order valence-corrected chi connectivity index (χ2v) is 4.94. The number of hydrogen-bond donors (Lipinski definition) is 2. The highest BCUT2D eigenvalue weighted by atomic mass is 19.2. The topological polar surface area (TPSA) is 71.5 Å². The predicted octanol–water partition coefficient (Wildman–Crippen LogP) is 1.84. The molecule has 0 radical (unpaired) electrons. The van der Waals surface area contributed by atoms with Gasteiger partial charge in [0.05, 0.1) is 5.56 Å². The van der Waals surface area contributed by atoms with E-state index in [2.05, 4.69) is 10.3 Å². The molecule has 1 heterocycles. The van der Waals surface area contributed by atoms with E-state index in [0.717, 1.165) is 17.8 Å². The normalized spacial score (nSPS) is 11.8. The number of halogens is 2. The van der Waals surface area contributed by atoms with Gasteiger partial charge in [-0.3, -0.25) is 9.78 Å². The van der Waals surface area contributed by atoms with Gasteiger partial charge in [0.15, 0.2) is 11.6 Å². The second kappa shape index (κ2) is 7.64. The van der Waals surface area contributed by atoms with Crippen molar-refractivity contribution in [2.24, 2.45) is 0 Å². The first-order valence-electron chi connectivity index (χ1n) is 6.92. The molecule has 0 bridgehead atoms. The molecule has 122 valence electrons. The van der Waals surface area contributed by atoms with Crippen LogP contribution in [0.3, 0.4) is 0 Å². The maximum Gasteiger partial charge on any atom is 0.252 e. The summed E-state index contributed by atoms with van der Waals surface area (Å²) in [7, 11) is 0. The highest BCUT2D eigenvalue weighted by Gasteiger charge is 2.11. The van der Waals surface area contributed by atoms with Crippen LogP contribution < -0.4 is 10.1 Å². The molecule has 0 saturated heterocycles. The van der Waals surface area contributed by atoms with Crippen LogP contribution in [-0.2, 0) is 0 Å². The van der Waals surface area contributed by atoms with E-state index >= 15 is 0 Å². The number of aliphatic hydroxyl groups is 1. The standard InChI is InChI=1S/C16H16F2N2O3/c1-10-2-3-11(7-19-10)16(22)20-8-12(21)9-23-13-4-5-14(17)15(18)6-13/h2-7,12,21H,8-9H2,1H3,(H,20,22). The molecule has 23 heavy (non-hydrogen) atoms. The van der Waals surface area contributed by atoms with Crippen LogP contribution in [0.1, 0.15) is 16.1 Å². The SMILES string of the molecule is Cc1ccc(C(=O)NCC(O)COc2ccc(F)c(F)c2)cn1. The van der Waals surface area contributed by atoms with Gasteiger partial charge in [0.1, 0.15) is 18.5 Å². The number of carbonyl (C=O) groups is 1. The Hall–Kier alpha value is -2.54. The van der Waals surface area contributed by atoms with Gasteiger partial charge in [0, 0.05) is 24.5 Å². The summed E-state index contributed by atoms with van der Waals surface area (Å²) in [6, 6.07) is 6.41. The quantitative estimate of drug-likeness (QED) is 0.851. The lowest BCUT2D eigenvalue weighted by molar-refractivity contribution is 0.0843. The first kappa shape index (κ1) is 16.8. The summed E-state index contributed by atoms with van der Waals surface area (Å²) in [5, 5.41) is 12.3. The average molecular weight is 322 g/mol. The molecular formula is C16H16F2N2O3. The van der Waals surface area contributed by atoms with Gasteiger partial charge in [0.2, 0.25) is 0 Å². The molecule has 7 heteroatoms. The number of ether oxygens (including phenoxy) is 1. The third-order valence-corrected chi connectivity index (χ3v) is 3.01. The summed E-state index contributed by atoms with van der Waals surface area (Å²) in [5.74, 6) is -2.28. The highest BCUT2D eigenvalue weighted by molar-refractivity contribution is 5.93. The van der Waals surface area contributed by atoms with Crippen molar-refractivity contribution in [3.05, 3.63) is 59.4 Å². The lowest BCUT2D eigenvalue weighted by Crippen LogP contribution is -2.35. The lowest BCUT2D eigenvalue weighted by Gasteiger charge is -2.13. The van der Waals surface area contributed by atoms with Gasteiger partial charge < -0.3 is 15.2 Å². The number of carbonyl (C=O) groups excluding carboxylic acids is 1. The Morgan fingerprint density at radius 3 is 2.74 bits per heavy atom. The summed E-state index contributed by atoms with van der Waals surface area (Å²) in [4.78, 5) is 15.8. The summed E-state index contributed by atoms with van der Waals surface area (Å²) in [5.41, 5.74) is 1.17. The molecule has 0 fully saturated rings. The van der Waals surface area contributed by atoms with Gasteiger partial charge >= 0.3 is 0 Å². The smallest absolute Gasteiger partial charge is 0.252 e. The van der Waals surface area contributed by atoms with Crippen molar-refractivity contribution in [2.45, 2.75) is 13.0 Å². The van der Waals surface area contributed by atoms with Crippen molar-refractivity contribution in [1.82, 2.24) is 10.3 Å². The molecule has 0 spiro atoms. The van der Waals surface area contributed by atoms with Crippen molar-refractivity contribution < 1.29 is 23.4 Å². The van der Waals surface area contributed by atoms with Crippen molar-refractivity contribution in [2.75, 3.05) is 13.2 Å². The lowest BCUT2D eigenvalue weighted by atomic mass is 10.2. The second-order valence-electron chi connectivity index (χ2n) is 4.94. The zero-order chi connectivity index (χ0) is 16.8. The van der Waals surface area contributed by atoms with E-state index in [4.69, 9.17) is 4.74 Å². The van der Waals surface area contributed by atoms with Crippen molar-refractivity contribution in [1.29, 1.82) is 0 Å². The largest absolute Gasteiger partial charge is 0.491 e. The molecule has 1 unspecified atom stereocenters. The molecule has 1 aromatic carbocycles. The van der Waals surface area contributed by atoms with E-state index < -0.39 is 17.7 Å². The van der Waals surface area contributed by atoms with E-state index in [-0.39, 0.29) is 24.8 Å². The van der Waals surface area contributed by atoms with Crippen LogP contribution in [0.2, 0.25) is 0 Å². The van der Waals surface area contributed by atoms with Gasteiger partial charge in [0.25, 0.3) is 5.91 Å². The Morgan fingerprint density at radius 1 is 1.30 bits per heavy atom. The fourth-order valence-corrected chi connectivity index (χ4v) is 1.73. The Labute approximate surface area is 131 Å². The van der Waals surface area contributed by atoms with Crippen LogP contribution in [0.4, 0.5) is 8.78 Å². The van der Waals surface area contributed by atoms with Gasteiger partial charge in [-0.25, -0.2) is 8.78 Å². The summed E-state index contributed by atoms with van der Waals surface area (Å²) >= 11 is 0. The Bertz CT molecular complexity index is 678. The minimum Gasteiger partial charge on any atom is -0.491 e. The summed E-state index contributed by atoms with van der Waals surface area (Å²) in [6.45, 7) is 1.59. The first-order chi connectivity index (χ1) is 11.0. The summed E-state index contributed by atoms with van der Waals surface area (Å²) in [6.07, 6.45) is 0.444. The maximum atomic E-state index is 13.0. The number of aliphatic hydroxyl groups excluding tert-OH is 1.